The van der Waals surface area contributed by atoms with Gasteiger partial charge in [-0.3, -0.25) is 9.78 Å². The van der Waals surface area contributed by atoms with Gasteiger partial charge in [-0.05, 0) is 35.9 Å². The molecule has 1 aromatic heterocycles. The van der Waals surface area contributed by atoms with E-state index in [0.717, 1.165) is 28.1 Å². The molecule has 6 heteroatoms. The van der Waals surface area contributed by atoms with E-state index in [4.69, 9.17) is 9.47 Å². The predicted octanol–water partition coefficient (Wildman–Crippen LogP) is 5.70. The molecule has 0 fully saturated rings. The van der Waals surface area contributed by atoms with Gasteiger partial charge in [-0.25, -0.2) is 0 Å². The van der Waals surface area contributed by atoms with Crippen molar-refractivity contribution in [2.24, 2.45) is 0 Å². The minimum atomic E-state index is -0.193. The first kappa shape index (κ1) is 21.3. The molecule has 0 saturated heterocycles. The zero-order valence-corrected chi connectivity index (χ0v) is 18.8. The Hall–Kier alpha value is -4.58. The molecule has 0 aliphatic carbocycles. The normalized spacial score (nSPS) is 13.6. The third kappa shape index (κ3) is 3.97. The Kier molecular flexibility index (Phi) is 5.70. The molecule has 4 aromatic rings. The van der Waals surface area contributed by atoms with Crippen LogP contribution in [0.2, 0.25) is 0 Å². The van der Waals surface area contributed by atoms with E-state index in [1.807, 2.05) is 78.9 Å². The first-order valence-corrected chi connectivity index (χ1v) is 10.8. The molecule has 2 N–H and O–H groups in total. The van der Waals surface area contributed by atoms with Crippen molar-refractivity contribution in [2.75, 3.05) is 24.9 Å². The number of hydrogen-bond acceptors (Lipinski definition) is 5. The maximum Gasteiger partial charge on any atom is 0.258 e. The lowest BCUT2D eigenvalue weighted by molar-refractivity contribution is -0.110. The second-order valence-corrected chi connectivity index (χ2v) is 7.74. The van der Waals surface area contributed by atoms with Crippen LogP contribution in [0.25, 0.3) is 22.5 Å². The fraction of sp³-hybridized carbons (Fsp3) is 0.0714. The summed E-state index contributed by atoms with van der Waals surface area (Å²) < 4.78 is 10.9. The quantitative estimate of drug-likeness (QED) is 0.370. The SMILES string of the molecule is COc1cc2c(cc1OC)C(=C(Nc1ccc(-c3ccccn3)cc1)c1ccccc1)C(=O)N2. The van der Waals surface area contributed by atoms with Crippen molar-refractivity contribution in [3.8, 4) is 22.8 Å². The van der Waals surface area contributed by atoms with Crippen LogP contribution in [0.1, 0.15) is 11.1 Å². The number of fused-ring (bicyclic) bond motifs is 1. The Morgan fingerprint density at radius 1 is 0.853 bits per heavy atom. The number of amides is 1. The van der Waals surface area contributed by atoms with Gasteiger partial charge in [0.15, 0.2) is 11.5 Å². The molecule has 0 radical (unpaired) electrons. The van der Waals surface area contributed by atoms with Crippen molar-refractivity contribution in [1.82, 2.24) is 4.98 Å². The molecule has 0 atom stereocenters. The van der Waals surface area contributed by atoms with Gasteiger partial charge in [-0.2, -0.15) is 0 Å². The van der Waals surface area contributed by atoms with E-state index in [1.165, 1.54) is 0 Å². The van der Waals surface area contributed by atoms with Crippen molar-refractivity contribution >= 4 is 28.6 Å². The molecule has 6 nitrogen and oxygen atoms in total. The van der Waals surface area contributed by atoms with Crippen molar-refractivity contribution in [3.05, 3.63) is 102 Å². The van der Waals surface area contributed by atoms with Crippen molar-refractivity contribution < 1.29 is 14.3 Å². The highest BCUT2D eigenvalue weighted by Crippen LogP contribution is 2.43. The van der Waals surface area contributed by atoms with E-state index in [9.17, 15) is 4.79 Å². The number of carbonyl (C=O) groups is 1. The van der Waals surface area contributed by atoms with Gasteiger partial charge in [0, 0.05) is 29.1 Å². The van der Waals surface area contributed by atoms with Gasteiger partial charge in [0.2, 0.25) is 0 Å². The highest BCUT2D eigenvalue weighted by molar-refractivity contribution is 6.37. The Labute approximate surface area is 197 Å². The molecule has 1 amide bonds. The number of aromatic nitrogens is 1. The molecular weight excluding hydrogens is 426 g/mol. The van der Waals surface area contributed by atoms with Crippen LogP contribution in [-0.4, -0.2) is 25.1 Å². The number of nitrogens with one attached hydrogen (secondary N) is 2. The maximum atomic E-state index is 13.2. The second kappa shape index (κ2) is 9.11. The minimum Gasteiger partial charge on any atom is -0.493 e. The van der Waals surface area contributed by atoms with Crippen LogP contribution in [0.3, 0.4) is 0 Å². The number of benzene rings is 3. The van der Waals surface area contributed by atoms with Crippen LogP contribution in [0, 0.1) is 0 Å². The van der Waals surface area contributed by atoms with Crippen LogP contribution < -0.4 is 20.1 Å². The fourth-order valence-corrected chi connectivity index (χ4v) is 4.03. The van der Waals surface area contributed by atoms with Gasteiger partial charge >= 0.3 is 0 Å². The van der Waals surface area contributed by atoms with Gasteiger partial charge in [-0.15, -0.1) is 0 Å². The summed E-state index contributed by atoms with van der Waals surface area (Å²) in [5, 5.41) is 6.44. The number of rotatable bonds is 6. The molecule has 34 heavy (non-hydrogen) atoms. The smallest absolute Gasteiger partial charge is 0.258 e. The standard InChI is InChI=1S/C28H23N3O3/c1-33-24-16-21-23(17-25(24)34-2)31-28(32)26(21)27(19-8-4-3-5-9-19)30-20-13-11-18(12-14-20)22-10-6-7-15-29-22/h3-17,30H,1-2H3,(H,31,32). The largest absolute Gasteiger partial charge is 0.493 e. The van der Waals surface area contributed by atoms with Crippen LogP contribution in [0.5, 0.6) is 11.5 Å². The molecule has 1 aliphatic heterocycles. The topological polar surface area (TPSA) is 72.5 Å². The zero-order chi connectivity index (χ0) is 23.5. The van der Waals surface area contributed by atoms with Gasteiger partial charge in [0.1, 0.15) is 0 Å². The van der Waals surface area contributed by atoms with Crippen LogP contribution in [-0.2, 0) is 4.79 Å². The molecule has 5 rings (SSSR count). The number of hydrogen-bond donors (Lipinski definition) is 2. The lowest BCUT2D eigenvalue weighted by Crippen LogP contribution is -2.10. The zero-order valence-electron chi connectivity index (χ0n) is 18.8. The fourth-order valence-electron chi connectivity index (χ4n) is 4.03. The van der Waals surface area contributed by atoms with E-state index in [-0.39, 0.29) is 5.91 Å². The molecule has 0 spiro atoms. The highest BCUT2D eigenvalue weighted by Gasteiger charge is 2.30. The summed E-state index contributed by atoms with van der Waals surface area (Å²) in [6.07, 6.45) is 1.78. The molecule has 0 unspecified atom stereocenters. The molecular formula is C28H23N3O3. The summed E-state index contributed by atoms with van der Waals surface area (Å²) in [4.78, 5) is 17.6. The summed E-state index contributed by atoms with van der Waals surface area (Å²) in [6, 6.07) is 27.2. The Morgan fingerprint density at radius 3 is 2.24 bits per heavy atom. The number of ether oxygens (including phenoxy) is 2. The average molecular weight is 450 g/mol. The molecule has 3 aromatic carbocycles. The summed E-state index contributed by atoms with van der Waals surface area (Å²) in [5.74, 6) is 0.922. The van der Waals surface area contributed by atoms with Crippen LogP contribution in [0.4, 0.5) is 11.4 Å². The molecule has 0 saturated carbocycles. The summed E-state index contributed by atoms with van der Waals surface area (Å²) >= 11 is 0. The van der Waals surface area contributed by atoms with Crippen molar-refractivity contribution in [3.63, 3.8) is 0 Å². The molecule has 0 bridgehead atoms. The van der Waals surface area contributed by atoms with Crippen molar-refractivity contribution in [2.45, 2.75) is 0 Å². The van der Waals surface area contributed by atoms with Crippen LogP contribution in [0.15, 0.2) is 91.1 Å². The van der Waals surface area contributed by atoms with E-state index >= 15 is 0 Å². The lowest BCUT2D eigenvalue weighted by atomic mass is 9.99. The lowest BCUT2D eigenvalue weighted by Gasteiger charge is -2.16. The number of methoxy groups -OCH3 is 2. The van der Waals surface area contributed by atoms with Crippen molar-refractivity contribution in [1.29, 1.82) is 0 Å². The number of carbonyl (C=O) groups excluding carboxylic acids is 1. The van der Waals surface area contributed by atoms with Crippen LogP contribution >= 0.6 is 0 Å². The Balaban J connectivity index is 1.60. The van der Waals surface area contributed by atoms with E-state index in [1.54, 1.807) is 26.5 Å². The first-order valence-electron chi connectivity index (χ1n) is 10.8. The second-order valence-electron chi connectivity index (χ2n) is 7.74. The average Bonchev–Trinajstić information content (AvgIpc) is 3.22. The molecule has 168 valence electrons. The molecule has 2 heterocycles. The minimum absolute atomic E-state index is 0.193. The summed E-state index contributed by atoms with van der Waals surface area (Å²) in [7, 11) is 3.15. The molecule has 1 aliphatic rings. The number of anilines is 2. The first-order chi connectivity index (χ1) is 16.7. The number of nitrogens with zero attached hydrogens (tertiary/aromatic N) is 1. The Bertz CT molecular complexity index is 1370. The van der Waals surface area contributed by atoms with E-state index < -0.39 is 0 Å². The summed E-state index contributed by atoms with van der Waals surface area (Å²) in [6.45, 7) is 0. The predicted molar refractivity (Wildman–Crippen MR) is 135 cm³/mol. The Morgan fingerprint density at radius 2 is 1.56 bits per heavy atom. The number of pyridine rings is 1. The summed E-state index contributed by atoms with van der Waals surface area (Å²) in [5.41, 5.74) is 6.33. The van der Waals surface area contributed by atoms with Gasteiger partial charge in [0.25, 0.3) is 5.91 Å². The maximum absolute atomic E-state index is 13.2. The van der Waals surface area contributed by atoms with Gasteiger partial charge in [0.05, 0.1) is 36.9 Å². The third-order valence-electron chi connectivity index (χ3n) is 5.70. The monoisotopic (exact) mass is 449 g/mol. The highest BCUT2D eigenvalue weighted by atomic mass is 16.5. The van der Waals surface area contributed by atoms with E-state index in [0.29, 0.717) is 28.5 Å². The van der Waals surface area contributed by atoms with Gasteiger partial charge in [-0.1, -0.05) is 48.5 Å². The van der Waals surface area contributed by atoms with Gasteiger partial charge < -0.3 is 20.1 Å². The van der Waals surface area contributed by atoms with E-state index in [2.05, 4.69) is 15.6 Å². The third-order valence-corrected chi connectivity index (χ3v) is 5.70.